The van der Waals surface area contributed by atoms with Crippen molar-refractivity contribution in [2.75, 3.05) is 24.9 Å². The van der Waals surface area contributed by atoms with Gasteiger partial charge in [0.1, 0.15) is 11.7 Å². The van der Waals surface area contributed by atoms with Crippen LogP contribution in [0.1, 0.15) is 0 Å². The summed E-state index contributed by atoms with van der Waals surface area (Å²) in [7, 11) is 3.54. The van der Waals surface area contributed by atoms with E-state index in [1.807, 2.05) is 0 Å². The summed E-state index contributed by atoms with van der Waals surface area (Å²) >= 11 is 5.47. The first kappa shape index (κ1) is 11.8. The van der Waals surface area contributed by atoms with E-state index in [-0.39, 0.29) is 17.5 Å². The smallest absolute Gasteiger partial charge is 0.148 e. The second-order valence-electron chi connectivity index (χ2n) is 3.27. The van der Waals surface area contributed by atoms with E-state index in [9.17, 15) is 4.39 Å². The van der Waals surface area contributed by atoms with Crippen LogP contribution in [-0.2, 0) is 0 Å². The first-order valence-electron chi connectivity index (χ1n) is 4.40. The van der Waals surface area contributed by atoms with Crippen molar-refractivity contribution >= 4 is 28.8 Å². The standard InChI is InChI=1S/C10H13ClFN3/c1-15(2)9-4-3-7(5-8(9)12)14-10(13)6-11/h3-5H,6H2,1-2H3,(H2,13,14). The predicted octanol–water partition coefficient (Wildman–Crippen LogP) is 2.12. The van der Waals surface area contributed by atoms with Crippen LogP contribution in [0.3, 0.4) is 0 Å². The summed E-state index contributed by atoms with van der Waals surface area (Å²) in [6.45, 7) is 0. The van der Waals surface area contributed by atoms with Crippen molar-refractivity contribution in [2.24, 2.45) is 10.7 Å². The van der Waals surface area contributed by atoms with E-state index >= 15 is 0 Å². The fourth-order valence-corrected chi connectivity index (χ4v) is 1.18. The van der Waals surface area contributed by atoms with E-state index in [1.54, 1.807) is 31.1 Å². The van der Waals surface area contributed by atoms with Crippen molar-refractivity contribution < 1.29 is 4.39 Å². The molecule has 0 amide bonds. The van der Waals surface area contributed by atoms with Crippen molar-refractivity contribution in [1.29, 1.82) is 0 Å². The summed E-state index contributed by atoms with van der Waals surface area (Å²) in [6, 6.07) is 4.67. The van der Waals surface area contributed by atoms with Crippen LogP contribution in [-0.4, -0.2) is 25.8 Å². The van der Waals surface area contributed by atoms with Gasteiger partial charge in [0.25, 0.3) is 0 Å². The van der Waals surface area contributed by atoms with Crippen LogP contribution in [0.15, 0.2) is 23.2 Å². The van der Waals surface area contributed by atoms with Gasteiger partial charge in [-0.3, -0.25) is 0 Å². The van der Waals surface area contributed by atoms with Gasteiger partial charge in [-0.1, -0.05) is 0 Å². The van der Waals surface area contributed by atoms with Crippen molar-refractivity contribution in [1.82, 2.24) is 0 Å². The Hall–Kier alpha value is -1.29. The number of alkyl halides is 1. The van der Waals surface area contributed by atoms with Gasteiger partial charge in [-0.2, -0.15) is 0 Å². The summed E-state index contributed by atoms with van der Waals surface area (Å²) < 4.78 is 13.5. The highest BCUT2D eigenvalue weighted by atomic mass is 35.5. The highest BCUT2D eigenvalue weighted by Crippen LogP contribution is 2.22. The minimum absolute atomic E-state index is 0.136. The maximum absolute atomic E-state index is 13.5. The van der Waals surface area contributed by atoms with E-state index in [2.05, 4.69) is 4.99 Å². The summed E-state index contributed by atoms with van der Waals surface area (Å²) in [5.41, 5.74) is 6.42. The summed E-state index contributed by atoms with van der Waals surface area (Å²) in [5.74, 6) is 0.0779. The molecule has 2 N–H and O–H groups in total. The lowest BCUT2D eigenvalue weighted by Gasteiger charge is -2.13. The van der Waals surface area contributed by atoms with E-state index in [1.165, 1.54) is 6.07 Å². The summed E-state index contributed by atoms with van der Waals surface area (Å²) in [6.07, 6.45) is 0. The number of benzene rings is 1. The number of nitrogens with two attached hydrogens (primary N) is 1. The van der Waals surface area contributed by atoms with Gasteiger partial charge in [-0.05, 0) is 12.1 Å². The summed E-state index contributed by atoms with van der Waals surface area (Å²) in [4.78, 5) is 5.63. The lowest BCUT2D eigenvalue weighted by Crippen LogP contribution is -2.12. The molecule has 0 radical (unpaired) electrons. The molecule has 82 valence electrons. The number of nitrogens with zero attached hydrogens (tertiary/aromatic N) is 2. The molecular weight excluding hydrogens is 217 g/mol. The SMILES string of the molecule is CN(C)c1ccc(N=C(N)CCl)cc1F. The highest BCUT2D eigenvalue weighted by Gasteiger charge is 2.04. The Labute approximate surface area is 93.4 Å². The predicted molar refractivity (Wildman–Crippen MR) is 62.7 cm³/mol. The van der Waals surface area contributed by atoms with Gasteiger partial charge in [-0.25, -0.2) is 9.38 Å². The van der Waals surface area contributed by atoms with Crippen LogP contribution in [0.2, 0.25) is 0 Å². The highest BCUT2D eigenvalue weighted by molar-refractivity contribution is 6.28. The number of hydrogen-bond donors (Lipinski definition) is 1. The molecule has 0 heterocycles. The van der Waals surface area contributed by atoms with E-state index < -0.39 is 0 Å². The Morgan fingerprint density at radius 3 is 2.67 bits per heavy atom. The quantitative estimate of drug-likeness (QED) is 0.490. The van der Waals surface area contributed by atoms with Crippen LogP contribution in [0, 0.1) is 5.82 Å². The molecule has 0 aromatic heterocycles. The molecule has 15 heavy (non-hydrogen) atoms. The molecule has 1 aromatic rings. The first-order valence-corrected chi connectivity index (χ1v) is 4.94. The second kappa shape index (κ2) is 4.98. The molecule has 0 unspecified atom stereocenters. The number of amidine groups is 1. The Kier molecular flexibility index (Phi) is 3.91. The zero-order valence-electron chi connectivity index (χ0n) is 8.67. The maximum Gasteiger partial charge on any atom is 0.148 e. The maximum atomic E-state index is 13.5. The monoisotopic (exact) mass is 229 g/mol. The molecule has 0 spiro atoms. The van der Waals surface area contributed by atoms with E-state index in [0.717, 1.165) is 0 Å². The Bertz CT molecular complexity index is 377. The third kappa shape index (κ3) is 3.09. The average Bonchev–Trinajstić information content (AvgIpc) is 2.17. The molecule has 0 aliphatic heterocycles. The molecule has 0 fully saturated rings. The largest absolute Gasteiger partial charge is 0.386 e. The average molecular weight is 230 g/mol. The Balaban J connectivity index is 3.02. The molecule has 1 aromatic carbocycles. The van der Waals surface area contributed by atoms with Gasteiger partial charge in [0.05, 0.1) is 17.3 Å². The topological polar surface area (TPSA) is 41.6 Å². The Morgan fingerprint density at radius 2 is 2.20 bits per heavy atom. The van der Waals surface area contributed by atoms with Gasteiger partial charge in [-0.15, -0.1) is 11.6 Å². The third-order valence-corrected chi connectivity index (χ3v) is 2.10. The lowest BCUT2D eigenvalue weighted by atomic mass is 10.2. The zero-order chi connectivity index (χ0) is 11.4. The van der Waals surface area contributed by atoms with Gasteiger partial charge in [0, 0.05) is 20.2 Å². The van der Waals surface area contributed by atoms with Crippen LogP contribution in [0.4, 0.5) is 15.8 Å². The molecule has 5 heteroatoms. The molecule has 0 saturated heterocycles. The number of halogens is 2. The van der Waals surface area contributed by atoms with Crippen molar-refractivity contribution in [3.8, 4) is 0 Å². The second-order valence-corrected chi connectivity index (χ2v) is 3.53. The number of hydrogen-bond acceptors (Lipinski definition) is 2. The number of anilines is 1. The Morgan fingerprint density at radius 1 is 1.53 bits per heavy atom. The molecule has 0 atom stereocenters. The lowest BCUT2D eigenvalue weighted by molar-refractivity contribution is 0.626. The summed E-state index contributed by atoms with van der Waals surface area (Å²) in [5, 5.41) is 0. The molecule has 0 aliphatic rings. The molecule has 3 nitrogen and oxygen atoms in total. The van der Waals surface area contributed by atoms with Gasteiger partial charge in [0.15, 0.2) is 0 Å². The number of aliphatic imine (C=N–C) groups is 1. The fraction of sp³-hybridized carbons (Fsp3) is 0.300. The van der Waals surface area contributed by atoms with E-state index in [0.29, 0.717) is 11.4 Å². The van der Waals surface area contributed by atoms with Gasteiger partial charge < -0.3 is 10.6 Å². The fourth-order valence-electron chi connectivity index (χ4n) is 1.12. The molecule has 1 rings (SSSR count). The van der Waals surface area contributed by atoms with Crippen LogP contribution in [0.25, 0.3) is 0 Å². The van der Waals surface area contributed by atoms with Gasteiger partial charge >= 0.3 is 0 Å². The van der Waals surface area contributed by atoms with Crippen LogP contribution >= 0.6 is 11.6 Å². The normalized spacial score (nSPS) is 11.6. The van der Waals surface area contributed by atoms with Crippen molar-refractivity contribution in [2.45, 2.75) is 0 Å². The van der Waals surface area contributed by atoms with Crippen LogP contribution < -0.4 is 10.6 Å². The molecule has 0 bridgehead atoms. The molecular formula is C10H13ClFN3. The minimum atomic E-state index is -0.330. The van der Waals surface area contributed by atoms with Crippen LogP contribution in [0.5, 0.6) is 0 Å². The number of rotatable bonds is 3. The zero-order valence-corrected chi connectivity index (χ0v) is 9.42. The minimum Gasteiger partial charge on any atom is -0.386 e. The third-order valence-electron chi connectivity index (χ3n) is 1.82. The van der Waals surface area contributed by atoms with Gasteiger partial charge in [0.2, 0.25) is 0 Å². The van der Waals surface area contributed by atoms with E-state index in [4.69, 9.17) is 17.3 Å². The molecule has 0 saturated carbocycles. The molecule has 0 aliphatic carbocycles. The first-order chi connectivity index (χ1) is 7.04. The van der Waals surface area contributed by atoms with Crippen molar-refractivity contribution in [3.63, 3.8) is 0 Å². The van der Waals surface area contributed by atoms with Crippen molar-refractivity contribution in [3.05, 3.63) is 24.0 Å².